The van der Waals surface area contributed by atoms with Crippen molar-refractivity contribution < 1.29 is 4.74 Å². The molecule has 1 heterocycles. The van der Waals surface area contributed by atoms with Crippen LogP contribution in [0.25, 0.3) is 0 Å². The summed E-state index contributed by atoms with van der Waals surface area (Å²) in [5.74, 6) is 1.75. The van der Waals surface area contributed by atoms with Crippen molar-refractivity contribution in [3.63, 3.8) is 0 Å². The average Bonchev–Trinajstić information content (AvgIpc) is 2.86. The minimum atomic E-state index is 0.806. The molecule has 70 valence electrons. The van der Waals surface area contributed by atoms with Gasteiger partial charge in [-0.3, -0.25) is 4.98 Å². The molecule has 0 unspecified atom stereocenters. The molecule has 0 aliphatic heterocycles. The van der Waals surface area contributed by atoms with Gasteiger partial charge < -0.3 is 4.74 Å². The lowest BCUT2D eigenvalue weighted by Gasteiger charge is -2.07. The summed E-state index contributed by atoms with van der Waals surface area (Å²) in [5.41, 5.74) is 2.05. The van der Waals surface area contributed by atoms with Crippen molar-refractivity contribution in [3.8, 4) is 5.75 Å². The standard InChI is InChI=1S/C11H15NO/c1-8-3-6-11(9(2)12-8)13-7-10-4-5-10/h3,6,10H,4-5,7H2,1-2H3. The van der Waals surface area contributed by atoms with E-state index in [1.54, 1.807) is 0 Å². The zero-order chi connectivity index (χ0) is 9.26. The lowest BCUT2D eigenvalue weighted by atomic mass is 10.3. The summed E-state index contributed by atoms with van der Waals surface area (Å²) < 4.78 is 5.65. The van der Waals surface area contributed by atoms with Crippen molar-refractivity contribution >= 4 is 0 Å². The molecule has 0 spiro atoms. The molecule has 0 amide bonds. The molecule has 1 saturated carbocycles. The van der Waals surface area contributed by atoms with Gasteiger partial charge in [0, 0.05) is 5.69 Å². The van der Waals surface area contributed by atoms with Crippen LogP contribution in [0.4, 0.5) is 0 Å². The third-order valence-corrected chi connectivity index (χ3v) is 2.35. The van der Waals surface area contributed by atoms with Crippen LogP contribution in [-0.2, 0) is 0 Å². The molecule has 0 radical (unpaired) electrons. The van der Waals surface area contributed by atoms with Crippen LogP contribution < -0.4 is 4.74 Å². The van der Waals surface area contributed by atoms with Gasteiger partial charge in [0.2, 0.25) is 0 Å². The molecule has 0 bridgehead atoms. The highest BCUT2D eigenvalue weighted by molar-refractivity contribution is 5.27. The van der Waals surface area contributed by atoms with E-state index in [1.165, 1.54) is 12.8 Å². The van der Waals surface area contributed by atoms with Crippen LogP contribution in [0.5, 0.6) is 5.75 Å². The van der Waals surface area contributed by atoms with Crippen molar-refractivity contribution in [2.24, 2.45) is 5.92 Å². The van der Waals surface area contributed by atoms with Gasteiger partial charge in [0.25, 0.3) is 0 Å². The summed E-state index contributed by atoms with van der Waals surface area (Å²) in [6.45, 7) is 4.86. The minimum absolute atomic E-state index is 0.806. The molecular formula is C11H15NO. The Balaban J connectivity index is 2.01. The molecule has 2 rings (SSSR count). The molecule has 1 aromatic rings. The first kappa shape index (κ1) is 8.54. The fourth-order valence-electron chi connectivity index (χ4n) is 1.32. The Bertz CT molecular complexity index is 305. The van der Waals surface area contributed by atoms with E-state index < -0.39 is 0 Å². The highest BCUT2D eigenvalue weighted by Crippen LogP contribution is 2.29. The second-order valence-electron chi connectivity index (χ2n) is 3.79. The van der Waals surface area contributed by atoms with Crippen molar-refractivity contribution in [1.29, 1.82) is 0 Å². The molecule has 2 heteroatoms. The summed E-state index contributed by atoms with van der Waals surface area (Å²) in [4.78, 5) is 4.35. The summed E-state index contributed by atoms with van der Waals surface area (Å²) in [6.07, 6.45) is 2.66. The van der Waals surface area contributed by atoms with Crippen molar-refractivity contribution in [2.45, 2.75) is 26.7 Å². The van der Waals surface area contributed by atoms with E-state index in [1.807, 2.05) is 26.0 Å². The Morgan fingerprint density at radius 2 is 2.15 bits per heavy atom. The number of pyridine rings is 1. The van der Waals surface area contributed by atoms with E-state index in [9.17, 15) is 0 Å². The van der Waals surface area contributed by atoms with Crippen LogP contribution in [0.3, 0.4) is 0 Å². The lowest BCUT2D eigenvalue weighted by Crippen LogP contribution is -2.01. The zero-order valence-corrected chi connectivity index (χ0v) is 8.21. The molecular weight excluding hydrogens is 162 g/mol. The Morgan fingerprint density at radius 1 is 1.38 bits per heavy atom. The predicted molar refractivity (Wildman–Crippen MR) is 51.9 cm³/mol. The van der Waals surface area contributed by atoms with E-state index in [0.29, 0.717) is 0 Å². The smallest absolute Gasteiger partial charge is 0.140 e. The van der Waals surface area contributed by atoms with E-state index >= 15 is 0 Å². The normalized spacial score (nSPS) is 15.8. The zero-order valence-electron chi connectivity index (χ0n) is 8.21. The van der Waals surface area contributed by atoms with Crippen molar-refractivity contribution in [1.82, 2.24) is 4.98 Å². The monoisotopic (exact) mass is 177 g/mol. The highest BCUT2D eigenvalue weighted by Gasteiger charge is 2.22. The van der Waals surface area contributed by atoms with Gasteiger partial charge in [0.1, 0.15) is 5.75 Å². The first-order chi connectivity index (χ1) is 6.25. The first-order valence-corrected chi connectivity index (χ1v) is 4.83. The molecule has 1 fully saturated rings. The van der Waals surface area contributed by atoms with Crippen LogP contribution in [-0.4, -0.2) is 11.6 Å². The first-order valence-electron chi connectivity index (χ1n) is 4.83. The largest absolute Gasteiger partial charge is 0.491 e. The SMILES string of the molecule is Cc1ccc(OCC2CC2)c(C)n1. The number of hydrogen-bond donors (Lipinski definition) is 0. The topological polar surface area (TPSA) is 22.1 Å². The Hall–Kier alpha value is -1.05. The van der Waals surface area contributed by atoms with E-state index in [4.69, 9.17) is 4.74 Å². The van der Waals surface area contributed by atoms with Gasteiger partial charge in [-0.25, -0.2) is 0 Å². The maximum absolute atomic E-state index is 5.65. The molecule has 0 saturated heterocycles. The summed E-state index contributed by atoms with van der Waals surface area (Å²) >= 11 is 0. The van der Waals surface area contributed by atoms with Gasteiger partial charge in [-0.05, 0) is 44.7 Å². The molecule has 0 N–H and O–H groups in total. The van der Waals surface area contributed by atoms with Crippen molar-refractivity contribution in [2.75, 3.05) is 6.61 Å². The molecule has 2 nitrogen and oxygen atoms in total. The van der Waals surface area contributed by atoms with E-state index in [0.717, 1.165) is 29.7 Å². The number of aromatic nitrogens is 1. The number of rotatable bonds is 3. The molecule has 1 aliphatic rings. The molecule has 1 aliphatic carbocycles. The van der Waals surface area contributed by atoms with Gasteiger partial charge in [-0.2, -0.15) is 0 Å². The number of ether oxygens (including phenoxy) is 1. The summed E-state index contributed by atoms with van der Waals surface area (Å²) in [6, 6.07) is 4.01. The Morgan fingerprint density at radius 3 is 2.77 bits per heavy atom. The maximum atomic E-state index is 5.65. The third kappa shape index (κ3) is 2.20. The second kappa shape index (κ2) is 3.36. The summed E-state index contributed by atoms with van der Waals surface area (Å²) in [5, 5.41) is 0. The van der Waals surface area contributed by atoms with Crippen LogP contribution in [0.1, 0.15) is 24.2 Å². The second-order valence-corrected chi connectivity index (χ2v) is 3.79. The van der Waals surface area contributed by atoms with E-state index in [2.05, 4.69) is 4.98 Å². The lowest BCUT2D eigenvalue weighted by molar-refractivity contribution is 0.296. The van der Waals surface area contributed by atoms with E-state index in [-0.39, 0.29) is 0 Å². The fourth-order valence-corrected chi connectivity index (χ4v) is 1.32. The molecule has 13 heavy (non-hydrogen) atoms. The van der Waals surface area contributed by atoms with Gasteiger partial charge in [-0.15, -0.1) is 0 Å². The molecule has 1 aromatic heterocycles. The number of hydrogen-bond acceptors (Lipinski definition) is 2. The van der Waals surface area contributed by atoms with Crippen LogP contribution in [0, 0.1) is 19.8 Å². The van der Waals surface area contributed by atoms with Crippen LogP contribution in [0.15, 0.2) is 12.1 Å². The highest BCUT2D eigenvalue weighted by atomic mass is 16.5. The molecule has 0 atom stereocenters. The van der Waals surface area contributed by atoms with Gasteiger partial charge in [0.05, 0.1) is 12.3 Å². The quantitative estimate of drug-likeness (QED) is 0.707. The van der Waals surface area contributed by atoms with Crippen molar-refractivity contribution in [3.05, 3.63) is 23.5 Å². The van der Waals surface area contributed by atoms with Gasteiger partial charge in [-0.1, -0.05) is 0 Å². The van der Waals surface area contributed by atoms with Gasteiger partial charge >= 0.3 is 0 Å². The van der Waals surface area contributed by atoms with Crippen LogP contribution in [0.2, 0.25) is 0 Å². The van der Waals surface area contributed by atoms with Crippen LogP contribution >= 0.6 is 0 Å². The molecule has 0 aromatic carbocycles. The minimum Gasteiger partial charge on any atom is -0.491 e. The summed E-state index contributed by atoms with van der Waals surface area (Å²) in [7, 11) is 0. The number of aryl methyl sites for hydroxylation is 2. The predicted octanol–water partition coefficient (Wildman–Crippen LogP) is 2.49. The fraction of sp³-hybridized carbons (Fsp3) is 0.545. The average molecular weight is 177 g/mol. The Labute approximate surface area is 78.9 Å². The third-order valence-electron chi connectivity index (χ3n) is 2.35. The number of nitrogens with zero attached hydrogens (tertiary/aromatic N) is 1. The maximum Gasteiger partial charge on any atom is 0.140 e. The Kier molecular flexibility index (Phi) is 2.21. The van der Waals surface area contributed by atoms with Gasteiger partial charge in [0.15, 0.2) is 0 Å².